The number of hydrogen-bond donors (Lipinski definition) is 4. The van der Waals surface area contributed by atoms with Gasteiger partial charge in [0.05, 0.1) is 22.5 Å². The Morgan fingerprint density at radius 3 is 2.72 bits per heavy atom. The molecule has 0 radical (unpaired) electrons. The summed E-state index contributed by atoms with van der Waals surface area (Å²) in [4.78, 5) is 17.4. The first kappa shape index (κ1) is 18.6. The molecule has 1 fully saturated rings. The summed E-state index contributed by atoms with van der Waals surface area (Å²) in [5.41, 5.74) is 5.16. The number of aromatic nitrogens is 3. The molecule has 2 heterocycles. The highest BCUT2D eigenvalue weighted by atomic mass is 32.3. The van der Waals surface area contributed by atoms with Gasteiger partial charge in [0.1, 0.15) is 0 Å². The number of thiol groups is 1. The van der Waals surface area contributed by atoms with Gasteiger partial charge in [0, 0.05) is 27.6 Å². The van der Waals surface area contributed by atoms with Crippen LogP contribution in [0, 0.1) is 0 Å². The van der Waals surface area contributed by atoms with Crippen LogP contribution in [0.25, 0.3) is 0 Å². The predicted octanol–water partition coefficient (Wildman–Crippen LogP) is 2.13. The van der Waals surface area contributed by atoms with Crippen molar-refractivity contribution in [2.75, 3.05) is 5.32 Å². The first-order valence-electron chi connectivity index (χ1n) is 9.65. The Morgan fingerprint density at radius 1 is 1.24 bits per heavy atom. The molecule has 2 aromatic heterocycles. The number of alkyl halides is 2. The second-order valence-electron chi connectivity index (χ2n) is 8.05. The van der Waals surface area contributed by atoms with Crippen LogP contribution in [-0.2, 0) is 35.0 Å². The van der Waals surface area contributed by atoms with Crippen LogP contribution in [-0.4, -0.2) is 25.0 Å². The minimum Gasteiger partial charge on any atom is -0.307 e. The van der Waals surface area contributed by atoms with Crippen LogP contribution in [0.1, 0.15) is 54.7 Å². The van der Waals surface area contributed by atoms with Crippen molar-refractivity contribution in [1.29, 1.82) is 0 Å². The zero-order valence-corrected chi connectivity index (χ0v) is 16.5. The number of pyridine rings is 1. The monoisotopic (exact) mass is 424 g/mol. The molecule has 2 aromatic rings. The smallest absolute Gasteiger partial charge is 0.307 e. The molecule has 1 spiro atoms. The summed E-state index contributed by atoms with van der Waals surface area (Å²) in [6.07, 6.45) is 8.71. The van der Waals surface area contributed by atoms with E-state index in [0.717, 1.165) is 85.5 Å². The van der Waals surface area contributed by atoms with Crippen LogP contribution in [0.4, 0.5) is 19.3 Å². The summed E-state index contributed by atoms with van der Waals surface area (Å²) in [5, 5.41) is 12.0. The lowest BCUT2D eigenvalue weighted by Gasteiger charge is -2.21. The molecule has 4 N–H and O–H groups in total. The lowest BCUT2D eigenvalue weighted by Crippen LogP contribution is -2.45. The highest BCUT2D eigenvalue weighted by Gasteiger charge is 2.51. The van der Waals surface area contributed by atoms with Crippen molar-refractivity contribution < 1.29 is 17.8 Å². The summed E-state index contributed by atoms with van der Waals surface area (Å²) in [6.45, 7) is -2.88. The van der Waals surface area contributed by atoms with Crippen molar-refractivity contribution in [3.63, 3.8) is 0 Å². The highest BCUT2D eigenvalue weighted by molar-refractivity contribution is 7.99. The number of aryl methyl sites for hydroxylation is 1. The number of carbonyl (C=O) groups is 1. The van der Waals surface area contributed by atoms with E-state index in [4.69, 9.17) is 10.1 Å². The van der Waals surface area contributed by atoms with E-state index in [1.165, 1.54) is 0 Å². The third kappa shape index (κ3) is 3.03. The molecule has 1 saturated carbocycles. The number of rotatable bonds is 4. The number of nitrogens with two attached hydrogens (primary N) is 1. The normalized spacial score (nSPS) is 19.3. The zero-order chi connectivity index (χ0) is 20.4. The Bertz CT molecular complexity index is 1060. The van der Waals surface area contributed by atoms with E-state index >= 15 is 0 Å². The lowest BCUT2D eigenvalue weighted by molar-refractivity contribution is 0.0564. The van der Waals surface area contributed by atoms with Gasteiger partial charge >= 0.3 is 12.6 Å². The van der Waals surface area contributed by atoms with Gasteiger partial charge in [-0.25, -0.2) is 13.7 Å². The van der Waals surface area contributed by atoms with Gasteiger partial charge in [-0.1, -0.05) is 0 Å². The molecule has 156 valence electrons. The summed E-state index contributed by atoms with van der Waals surface area (Å²) >= 11 is 0. The Balaban J connectivity index is 1.41. The van der Waals surface area contributed by atoms with E-state index in [9.17, 15) is 17.8 Å². The maximum Gasteiger partial charge on any atom is 0.333 e. The van der Waals surface area contributed by atoms with Crippen LogP contribution in [0.15, 0.2) is 17.3 Å². The van der Waals surface area contributed by atoms with Gasteiger partial charge in [-0.05, 0) is 56.1 Å². The average Bonchev–Trinajstić information content (AvgIpc) is 3.05. The van der Waals surface area contributed by atoms with E-state index in [0.29, 0.717) is 4.68 Å². The van der Waals surface area contributed by atoms with Crippen molar-refractivity contribution in [3.05, 3.63) is 34.9 Å². The van der Waals surface area contributed by atoms with Gasteiger partial charge in [-0.2, -0.15) is 13.9 Å². The Labute approximate surface area is 166 Å². The molecule has 3 aliphatic carbocycles. The molecule has 5 rings (SSSR count). The summed E-state index contributed by atoms with van der Waals surface area (Å²) in [6, 6.07) is -0.722. The molecule has 11 heteroatoms. The van der Waals surface area contributed by atoms with Gasteiger partial charge in [0.2, 0.25) is 0 Å². The quantitative estimate of drug-likeness (QED) is 0.563. The van der Waals surface area contributed by atoms with E-state index in [1.807, 2.05) is 0 Å². The van der Waals surface area contributed by atoms with Gasteiger partial charge < -0.3 is 5.32 Å². The fourth-order valence-corrected chi connectivity index (χ4v) is 5.54. The molecule has 2 amide bonds. The standard InChI is InChI=1S/C18H22F2N6O2S/c19-16(20)26-9-10(8-22-26)29(21,28)25-17(27)24-14-11-2-1-3-13(11)23-15-12(14)4-5-18(15)6-7-18/h8-9,16,29H,1-7H2,(H4,21,23,24,25,27,28). The minimum atomic E-state index is -3.90. The third-order valence-electron chi connectivity index (χ3n) is 6.21. The number of halogens is 2. The van der Waals surface area contributed by atoms with E-state index in [1.54, 1.807) is 0 Å². The number of carbonyl (C=O) groups excluding carboxylic acids is 1. The summed E-state index contributed by atoms with van der Waals surface area (Å²) in [5.74, 6) is 0. The SMILES string of the molecule is N[SH](=O)(NC(=O)Nc1c2c(nc3c1CCC31CC1)CCC2)c1cnn(C(F)F)c1. The van der Waals surface area contributed by atoms with Crippen molar-refractivity contribution in [3.8, 4) is 0 Å². The van der Waals surface area contributed by atoms with E-state index in [-0.39, 0.29) is 10.3 Å². The van der Waals surface area contributed by atoms with Crippen LogP contribution in [0.5, 0.6) is 0 Å². The molecule has 0 saturated heterocycles. The van der Waals surface area contributed by atoms with Crippen LogP contribution in [0.2, 0.25) is 0 Å². The molecule has 29 heavy (non-hydrogen) atoms. The van der Waals surface area contributed by atoms with Crippen LogP contribution >= 0.6 is 0 Å². The number of urea groups is 1. The lowest BCUT2D eigenvalue weighted by atomic mass is 10.0. The van der Waals surface area contributed by atoms with Crippen molar-refractivity contribution in [1.82, 2.24) is 19.5 Å². The summed E-state index contributed by atoms with van der Waals surface area (Å²) in [7, 11) is -3.90. The number of nitrogens with one attached hydrogen (secondary N) is 2. The Hall–Kier alpha value is -2.40. The van der Waals surface area contributed by atoms with Crippen LogP contribution in [0.3, 0.4) is 0 Å². The highest BCUT2D eigenvalue weighted by Crippen LogP contribution is 2.58. The van der Waals surface area contributed by atoms with Gasteiger partial charge in [-0.3, -0.25) is 14.8 Å². The Morgan fingerprint density at radius 2 is 2.03 bits per heavy atom. The summed E-state index contributed by atoms with van der Waals surface area (Å²) < 4.78 is 40.7. The van der Waals surface area contributed by atoms with Crippen molar-refractivity contribution >= 4 is 22.0 Å². The molecule has 0 unspecified atom stereocenters. The topological polar surface area (TPSA) is 115 Å². The Kier molecular flexibility index (Phi) is 4.04. The molecule has 8 nitrogen and oxygen atoms in total. The molecular formula is C18H22F2N6O2S. The fourth-order valence-electron chi connectivity index (χ4n) is 4.54. The molecule has 3 aliphatic rings. The van der Waals surface area contributed by atoms with Crippen LogP contribution < -0.4 is 15.2 Å². The first-order chi connectivity index (χ1) is 13.8. The fraction of sp³-hybridized carbons (Fsp3) is 0.500. The minimum absolute atomic E-state index is 0.143. The number of anilines is 1. The first-order valence-corrected chi connectivity index (χ1v) is 11.4. The van der Waals surface area contributed by atoms with Crippen molar-refractivity contribution in [2.24, 2.45) is 5.14 Å². The largest absolute Gasteiger partial charge is 0.333 e. The number of hydrogen-bond acceptors (Lipinski definition) is 4. The van der Waals surface area contributed by atoms with E-state index in [2.05, 4.69) is 15.1 Å². The predicted molar refractivity (Wildman–Crippen MR) is 103 cm³/mol. The number of fused-ring (bicyclic) bond motifs is 3. The zero-order valence-electron chi connectivity index (χ0n) is 15.6. The molecule has 0 aliphatic heterocycles. The van der Waals surface area contributed by atoms with E-state index < -0.39 is 22.9 Å². The molecular weight excluding hydrogens is 402 g/mol. The molecule has 0 atom stereocenters. The average molecular weight is 424 g/mol. The van der Waals surface area contributed by atoms with Gasteiger partial charge in [0.15, 0.2) is 0 Å². The second-order valence-corrected chi connectivity index (χ2v) is 10.1. The van der Waals surface area contributed by atoms with Gasteiger partial charge in [-0.15, -0.1) is 0 Å². The maximum absolute atomic E-state index is 12.7. The molecule has 0 bridgehead atoms. The number of amides is 2. The van der Waals surface area contributed by atoms with Gasteiger partial charge in [0.25, 0.3) is 0 Å². The molecule has 0 aromatic carbocycles. The number of nitrogens with zero attached hydrogens (tertiary/aromatic N) is 3. The third-order valence-corrected chi connectivity index (χ3v) is 7.75. The maximum atomic E-state index is 12.7. The second kappa shape index (κ2) is 6.30. The van der Waals surface area contributed by atoms with Crippen molar-refractivity contribution in [2.45, 2.75) is 61.8 Å².